The van der Waals surface area contributed by atoms with Crippen LogP contribution in [0, 0.1) is 0 Å². The summed E-state index contributed by atoms with van der Waals surface area (Å²) in [7, 11) is 0. The second kappa shape index (κ2) is 6.07. The van der Waals surface area contributed by atoms with E-state index in [4.69, 9.17) is 5.11 Å². The number of amides is 1. The van der Waals surface area contributed by atoms with Gasteiger partial charge in [0.1, 0.15) is 0 Å². The molecule has 0 atom stereocenters. The lowest BCUT2D eigenvalue weighted by Gasteiger charge is -2.09. The number of carboxylic acid groups (broad SMARTS) is 1. The third kappa shape index (κ3) is 5.75. The van der Waals surface area contributed by atoms with Crippen LogP contribution in [0.15, 0.2) is 24.3 Å². The summed E-state index contributed by atoms with van der Waals surface area (Å²) in [6, 6.07) is 5.52. The number of nitrogens with one attached hydrogen (secondary N) is 1. The molecule has 8 heteroatoms. The Labute approximate surface area is 106 Å². The Morgan fingerprint density at radius 3 is 2.26 bits per heavy atom. The van der Waals surface area contributed by atoms with E-state index in [2.05, 4.69) is 10.1 Å². The van der Waals surface area contributed by atoms with Gasteiger partial charge in [0.05, 0.1) is 5.56 Å². The monoisotopic (exact) mass is 277 g/mol. The van der Waals surface area contributed by atoms with Crippen molar-refractivity contribution >= 4 is 12.1 Å². The van der Waals surface area contributed by atoms with Crippen LogP contribution in [0.1, 0.15) is 15.9 Å². The maximum absolute atomic E-state index is 11.7. The van der Waals surface area contributed by atoms with E-state index < -0.39 is 24.8 Å². The number of hydrogen-bond acceptors (Lipinski definition) is 3. The quantitative estimate of drug-likeness (QED) is 0.884. The van der Waals surface area contributed by atoms with Crippen LogP contribution in [0.25, 0.3) is 0 Å². The molecule has 0 bridgehead atoms. The van der Waals surface area contributed by atoms with Crippen LogP contribution >= 0.6 is 0 Å². The van der Waals surface area contributed by atoms with Crippen LogP contribution in [-0.2, 0) is 11.3 Å². The zero-order chi connectivity index (χ0) is 14.5. The van der Waals surface area contributed by atoms with E-state index in [0.717, 1.165) is 0 Å². The number of alkyl halides is 3. The maximum Gasteiger partial charge on any atom is 0.422 e. The van der Waals surface area contributed by atoms with Crippen molar-refractivity contribution in [1.29, 1.82) is 0 Å². The molecular weight excluding hydrogens is 267 g/mol. The highest BCUT2D eigenvalue weighted by Gasteiger charge is 2.29. The van der Waals surface area contributed by atoms with Gasteiger partial charge in [-0.1, -0.05) is 12.1 Å². The predicted octanol–water partition coefficient (Wildman–Crippen LogP) is 2.17. The number of carboxylic acids is 1. The van der Waals surface area contributed by atoms with Crippen molar-refractivity contribution in [3.8, 4) is 0 Å². The zero-order valence-electron chi connectivity index (χ0n) is 9.53. The lowest BCUT2D eigenvalue weighted by Crippen LogP contribution is -2.28. The maximum atomic E-state index is 11.7. The van der Waals surface area contributed by atoms with Crippen molar-refractivity contribution < 1.29 is 32.6 Å². The van der Waals surface area contributed by atoms with Gasteiger partial charge in [0.15, 0.2) is 6.61 Å². The summed E-state index contributed by atoms with van der Waals surface area (Å²) in [5, 5.41) is 10.8. The van der Waals surface area contributed by atoms with Gasteiger partial charge in [-0.2, -0.15) is 13.2 Å². The molecule has 5 nitrogen and oxygen atoms in total. The van der Waals surface area contributed by atoms with Gasteiger partial charge in [-0.25, -0.2) is 9.59 Å². The number of halogens is 3. The van der Waals surface area contributed by atoms with Crippen molar-refractivity contribution in [2.75, 3.05) is 6.61 Å². The Kier molecular flexibility index (Phi) is 4.74. The summed E-state index contributed by atoms with van der Waals surface area (Å²) in [6.07, 6.45) is -5.76. The molecule has 0 radical (unpaired) electrons. The molecule has 104 valence electrons. The molecule has 2 N–H and O–H groups in total. The molecule has 0 heterocycles. The fraction of sp³-hybridized carbons (Fsp3) is 0.273. The van der Waals surface area contributed by atoms with E-state index in [1.54, 1.807) is 0 Å². The van der Waals surface area contributed by atoms with Crippen molar-refractivity contribution in [3.05, 3.63) is 35.4 Å². The van der Waals surface area contributed by atoms with Gasteiger partial charge in [-0.15, -0.1) is 0 Å². The molecule has 0 saturated carbocycles. The minimum absolute atomic E-state index is 0.0589. The Hall–Kier alpha value is -2.25. The molecule has 1 aromatic rings. The van der Waals surface area contributed by atoms with Crippen molar-refractivity contribution in [2.45, 2.75) is 12.7 Å². The van der Waals surface area contributed by atoms with Gasteiger partial charge in [0.25, 0.3) is 0 Å². The van der Waals surface area contributed by atoms with Gasteiger partial charge in [-0.05, 0) is 17.7 Å². The van der Waals surface area contributed by atoms with Crippen LogP contribution in [-0.4, -0.2) is 30.0 Å². The second-order valence-electron chi connectivity index (χ2n) is 3.55. The van der Waals surface area contributed by atoms with E-state index in [9.17, 15) is 22.8 Å². The van der Waals surface area contributed by atoms with Gasteiger partial charge in [0, 0.05) is 6.54 Å². The molecule has 1 aromatic carbocycles. The van der Waals surface area contributed by atoms with E-state index in [-0.39, 0.29) is 12.1 Å². The molecule has 0 aliphatic heterocycles. The Morgan fingerprint density at radius 1 is 1.21 bits per heavy atom. The second-order valence-corrected chi connectivity index (χ2v) is 3.55. The largest absolute Gasteiger partial charge is 0.478 e. The van der Waals surface area contributed by atoms with Crippen molar-refractivity contribution in [1.82, 2.24) is 5.32 Å². The first-order valence-corrected chi connectivity index (χ1v) is 5.07. The highest BCUT2D eigenvalue weighted by atomic mass is 19.4. The SMILES string of the molecule is O=C(NCc1ccc(C(=O)O)cc1)OCC(F)(F)F. The number of rotatable bonds is 4. The fourth-order valence-corrected chi connectivity index (χ4v) is 1.14. The molecule has 0 fully saturated rings. The zero-order valence-corrected chi connectivity index (χ0v) is 9.53. The Balaban J connectivity index is 2.40. The standard InChI is InChI=1S/C11H10F3NO4/c12-11(13,14)6-19-10(18)15-5-7-1-3-8(4-2-7)9(16)17/h1-4H,5-6H2,(H,15,18)(H,16,17). The normalized spacial score (nSPS) is 10.9. The number of ether oxygens (including phenoxy) is 1. The molecule has 0 spiro atoms. The number of hydrogen-bond donors (Lipinski definition) is 2. The van der Waals surface area contributed by atoms with E-state index in [0.29, 0.717) is 5.56 Å². The number of benzene rings is 1. The smallest absolute Gasteiger partial charge is 0.422 e. The van der Waals surface area contributed by atoms with Gasteiger partial charge >= 0.3 is 18.2 Å². The average Bonchev–Trinajstić information content (AvgIpc) is 2.33. The van der Waals surface area contributed by atoms with Crippen LogP contribution in [0.3, 0.4) is 0 Å². The molecule has 1 rings (SSSR count). The predicted molar refractivity (Wildman–Crippen MR) is 57.6 cm³/mol. The summed E-state index contributed by atoms with van der Waals surface area (Å²) in [4.78, 5) is 21.5. The summed E-state index contributed by atoms with van der Waals surface area (Å²) < 4.78 is 39.1. The molecule has 1 amide bonds. The minimum Gasteiger partial charge on any atom is -0.478 e. The van der Waals surface area contributed by atoms with Crippen LogP contribution < -0.4 is 5.32 Å². The topological polar surface area (TPSA) is 75.6 Å². The summed E-state index contributed by atoms with van der Waals surface area (Å²) in [5.74, 6) is -1.09. The van der Waals surface area contributed by atoms with Crippen LogP contribution in [0.5, 0.6) is 0 Å². The Bertz CT molecular complexity index is 456. The molecule has 0 aromatic heterocycles. The number of carbonyl (C=O) groups excluding carboxylic acids is 1. The third-order valence-corrected chi connectivity index (χ3v) is 2.00. The van der Waals surface area contributed by atoms with Crippen molar-refractivity contribution in [2.24, 2.45) is 0 Å². The highest BCUT2D eigenvalue weighted by molar-refractivity contribution is 5.87. The average molecular weight is 277 g/mol. The van der Waals surface area contributed by atoms with E-state index in [1.165, 1.54) is 24.3 Å². The third-order valence-electron chi connectivity index (χ3n) is 2.00. The molecular formula is C11H10F3NO4. The molecule has 19 heavy (non-hydrogen) atoms. The molecule has 0 saturated heterocycles. The fourth-order valence-electron chi connectivity index (χ4n) is 1.14. The minimum atomic E-state index is -4.57. The number of carbonyl (C=O) groups is 2. The first-order valence-electron chi connectivity index (χ1n) is 5.07. The Morgan fingerprint density at radius 2 is 1.79 bits per heavy atom. The summed E-state index contributed by atoms with van der Waals surface area (Å²) in [6.45, 7) is -1.71. The summed E-state index contributed by atoms with van der Waals surface area (Å²) >= 11 is 0. The highest BCUT2D eigenvalue weighted by Crippen LogP contribution is 2.14. The van der Waals surface area contributed by atoms with Gasteiger partial charge in [-0.3, -0.25) is 0 Å². The van der Waals surface area contributed by atoms with Gasteiger partial charge < -0.3 is 15.2 Å². The van der Waals surface area contributed by atoms with Gasteiger partial charge in [0.2, 0.25) is 0 Å². The lowest BCUT2D eigenvalue weighted by molar-refractivity contribution is -0.160. The molecule has 0 aliphatic carbocycles. The summed E-state index contributed by atoms with van der Waals surface area (Å²) in [5.41, 5.74) is 0.609. The molecule has 0 aliphatic rings. The van der Waals surface area contributed by atoms with E-state index in [1.807, 2.05) is 0 Å². The number of alkyl carbamates (subject to hydrolysis) is 1. The van der Waals surface area contributed by atoms with Crippen LogP contribution in [0.4, 0.5) is 18.0 Å². The number of aromatic carboxylic acids is 1. The van der Waals surface area contributed by atoms with Crippen molar-refractivity contribution in [3.63, 3.8) is 0 Å². The lowest BCUT2D eigenvalue weighted by atomic mass is 10.1. The molecule has 0 unspecified atom stereocenters. The first-order chi connectivity index (χ1) is 8.78. The van der Waals surface area contributed by atoms with E-state index >= 15 is 0 Å². The first kappa shape index (κ1) is 14.8. The van der Waals surface area contributed by atoms with Crippen LogP contribution in [0.2, 0.25) is 0 Å².